The number of carbonyl (C=O) groups is 2. The Morgan fingerprint density at radius 2 is 1.76 bits per heavy atom. The van der Waals surface area contributed by atoms with Gasteiger partial charge in [-0.05, 0) is 30.9 Å². The number of hydrogen-bond donors (Lipinski definition) is 2. The number of piperidine rings is 1. The lowest BCUT2D eigenvalue weighted by Gasteiger charge is -2.32. The molecule has 2 aromatic rings. The van der Waals surface area contributed by atoms with E-state index in [1.165, 1.54) is 11.6 Å². The number of para-hydroxylation sites is 2. The largest absolute Gasteiger partial charge is 0.456 e. The van der Waals surface area contributed by atoms with Gasteiger partial charge in [0.25, 0.3) is 11.6 Å². The van der Waals surface area contributed by atoms with Crippen LogP contribution < -0.4 is 10.6 Å². The van der Waals surface area contributed by atoms with E-state index in [1.54, 1.807) is 18.2 Å². The number of carbonyl (C=O) groups excluding carboxylic acids is 2. The second-order valence-electron chi connectivity index (χ2n) is 8.07. The highest BCUT2D eigenvalue weighted by Gasteiger charge is 2.21. The number of nitrogens with zero attached hydrogens (tertiary/aromatic N) is 2. The van der Waals surface area contributed by atoms with Crippen molar-refractivity contribution >= 4 is 23.3 Å². The molecule has 2 N–H and O–H groups in total. The molecule has 0 unspecified atom stereocenters. The molecule has 1 fully saturated rings. The van der Waals surface area contributed by atoms with Gasteiger partial charge in [0.05, 0.1) is 4.92 Å². The molecule has 1 amide bonds. The standard InChI is InChI=1S/C24H30N4O5/c29-23(26-20-12-15-27(16-13-20)17-19-7-2-1-3-8-19)18-33-24(30)11-6-14-25-21-9-4-5-10-22(21)28(31)32/h1-5,7-10,20,25H,6,11-18H2,(H,26,29). The van der Waals surface area contributed by atoms with Crippen LogP contribution in [0, 0.1) is 10.1 Å². The van der Waals surface area contributed by atoms with Gasteiger partial charge >= 0.3 is 5.97 Å². The number of ether oxygens (including phenoxy) is 1. The molecule has 1 heterocycles. The molecule has 0 radical (unpaired) electrons. The van der Waals surface area contributed by atoms with Crippen LogP contribution >= 0.6 is 0 Å². The molecule has 9 heteroatoms. The van der Waals surface area contributed by atoms with Crippen LogP contribution in [0.3, 0.4) is 0 Å². The Labute approximate surface area is 193 Å². The summed E-state index contributed by atoms with van der Waals surface area (Å²) in [5.74, 6) is -0.755. The molecule has 0 aromatic heterocycles. The highest BCUT2D eigenvalue weighted by atomic mass is 16.6. The zero-order valence-corrected chi connectivity index (χ0v) is 18.6. The number of esters is 1. The molecule has 0 saturated carbocycles. The van der Waals surface area contributed by atoms with Crippen molar-refractivity contribution in [3.8, 4) is 0 Å². The third-order valence-corrected chi connectivity index (χ3v) is 5.54. The van der Waals surface area contributed by atoms with Crippen LogP contribution in [-0.2, 0) is 20.9 Å². The number of nitrogens with one attached hydrogen (secondary N) is 2. The molecule has 0 bridgehead atoms. The Morgan fingerprint density at radius 1 is 1.06 bits per heavy atom. The SMILES string of the molecule is O=C(COC(=O)CCCNc1ccccc1[N+](=O)[O-])NC1CCN(Cc2ccccc2)CC1. The van der Waals surface area contributed by atoms with Crippen molar-refractivity contribution in [2.45, 2.75) is 38.3 Å². The van der Waals surface area contributed by atoms with E-state index in [4.69, 9.17) is 4.74 Å². The van der Waals surface area contributed by atoms with Crippen LogP contribution in [0.4, 0.5) is 11.4 Å². The Hall–Kier alpha value is -3.46. The first-order valence-electron chi connectivity index (χ1n) is 11.2. The van der Waals surface area contributed by atoms with Crippen molar-refractivity contribution in [3.63, 3.8) is 0 Å². The van der Waals surface area contributed by atoms with Gasteiger partial charge in [0.2, 0.25) is 0 Å². The molecule has 2 aromatic carbocycles. The van der Waals surface area contributed by atoms with Gasteiger partial charge in [-0.25, -0.2) is 0 Å². The molecule has 0 spiro atoms. The highest BCUT2D eigenvalue weighted by molar-refractivity contribution is 5.80. The van der Waals surface area contributed by atoms with Crippen LogP contribution in [0.2, 0.25) is 0 Å². The lowest BCUT2D eigenvalue weighted by atomic mass is 10.0. The smallest absolute Gasteiger partial charge is 0.306 e. The highest BCUT2D eigenvalue weighted by Crippen LogP contribution is 2.23. The monoisotopic (exact) mass is 454 g/mol. The summed E-state index contributed by atoms with van der Waals surface area (Å²) in [7, 11) is 0. The van der Waals surface area contributed by atoms with Crippen LogP contribution in [0.1, 0.15) is 31.2 Å². The fourth-order valence-electron chi connectivity index (χ4n) is 3.80. The minimum absolute atomic E-state index is 0.0114. The summed E-state index contributed by atoms with van der Waals surface area (Å²) in [6.45, 7) is 2.82. The molecule has 1 aliphatic rings. The maximum atomic E-state index is 12.1. The number of nitro groups is 1. The van der Waals surface area contributed by atoms with Gasteiger partial charge in [0.1, 0.15) is 5.69 Å². The first kappa shape index (κ1) is 24.2. The third kappa shape index (κ3) is 8.19. The predicted octanol–water partition coefficient (Wildman–Crippen LogP) is 3.11. The van der Waals surface area contributed by atoms with Crippen LogP contribution in [0.5, 0.6) is 0 Å². The van der Waals surface area contributed by atoms with Crippen molar-refractivity contribution in [2.75, 3.05) is 31.6 Å². The van der Waals surface area contributed by atoms with Gasteiger partial charge in [0, 0.05) is 44.7 Å². The minimum atomic E-state index is -0.466. The molecule has 1 saturated heterocycles. The normalized spacial score (nSPS) is 14.4. The zero-order valence-electron chi connectivity index (χ0n) is 18.6. The average molecular weight is 455 g/mol. The average Bonchev–Trinajstić information content (AvgIpc) is 2.82. The maximum absolute atomic E-state index is 12.1. The van der Waals surface area contributed by atoms with E-state index in [0.717, 1.165) is 32.5 Å². The predicted molar refractivity (Wildman–Crippen MR) is 125 cm³/mol. The molecule has 3 rings (SSSR count). The summed E-state index contributed by atoms with van der Waals surface area (Å²) < 4.78 is 5.06. The fourth-order valence-corrected chi connectivity index (χ4v) is 3.80. The van der Waals surface area contributed by atoms with Gasteiger partial charge in [-0.15, -0.1) is 0 Å². The van der Waals surface area contributed by atoms with Gasteiger partial charge < -0.3 is 15.4 Å². The number of nitro benzene ring substituents is 1. The summed E-state index contributed by atoms with van der Waals surface area (Å²) >= 11 is 0. The van der Waals surface area contributed by atoms with Crippen molar-refractivity contribution in [1.82, 2.24) is 10.2 Å². The van der Waals surface area contributed by atoms with E-state index in [1.807, 2.05) is 18.2 Å². The number of amides is 1. The van der Waals surface area contributed by atoms with Crippen molar-refractivity contribution in [3.05, 3.63) is 70.3 Å². The number of benzene rings is 2. The molecular formula is C24H30N4O5. The Balaban J connectivity index is 1.26. The van der Waals surface area contributed by atoms with Crippen LogP contribution in [0.15, 0.2) is 54.6 Å². The summed E-state index contributed by atoms with van der Waals surface area (Å²) in [5, 5.41) is 16.9. The molecule has 33 heavy (non-hydrogen) atoms. The third-order valence-electron chi connectivity index (χ3n) is 5.54. The number of anilines is 1. The number of rotatable bonds is 11. The minimum Gasteiger partial charge on any atom is -0.456 e. The molecule has 0 aliphatic carbocycles. The number of hydrogen-bond acceptors (Lipinski definition) is 7. The summed E-state index contributed by atoms with van der Waals surface area (Å²) in [4.78, 5) is 36.9. The first-order valence-corrected chi connectivity index (χ1v) is 11.2. The lowest BCUT2D eigenvalue weighted by molar-refractivity contribution is -0.384. The molecule has 1 aliphatic heterocycles. The van der Waals surface area contributed by atoms with E-state index in [0.29, 0.717) is 18.7 Å². The lowest BCUT2D eigenvalue weighted by Crippen LogP contribution is -2.45. The quantitative estimate of drug-likeness (QED) is 0.232. The second-order valence-corrected chi connectivity index (χ2v) is 8.07. The topological polar surface area (TPSA) is 114 Å². The Kier molecular flexibility index (Phi) is 9.19. The molecule has 176 valence electrons. The van der Waals surface area contributed by atoms with Crippen LogP contribution in [-0.4, -0.2) is 54.0 Å². The Morgan fingerprint density at radius 3 is 2.48 bits per heavy atom. The Bertz CT molecular complexity index is 929. The van der Waals surface area contributed by atoms with E-state index in [-0.39, 0.29) is 30.7 Å². The summed E-state index contributed by atoms with van der Waals surface area (Å²) in [6, 6.07) is 16.7. The molecular weight excluding hydrogens is 424 g/mol. The van der Waals surface area contributed by atoms with Crippen molar-refractivity contribution in [1.29, 1.82) is 0 Å². The van der Waals surface area contributed by atoms with Crippen molar-refractivity contribution < 1.29 is 19.2 Å². The number of likely N-dealkylation sites (tertiary alicyclic amines) is 1. The summed E-state index contributed by atoms with van der Waals surface area (Å²) in [6.07, 6.45) is 2.29. The van der Waals surface area contributed by atoms with E-state index < -0.39 is 10.9 Å². The van der Waals surface area contributed by atoms with E-state index in [9.17, 15) is 19.7 Å². The second kappa shape index (κ2) is 12.5. The van der Waals surface area contributed by atoms with Crippen LogP contribution in [0.25, 0.3) is 0 Å². The van der Waals surface area contributed by atoms with Crippen molar-refractivity contribution in [2.24, 2.45) is 0 Å². The van der Waals surface area contributed by atoms with Gasteiger partial charge in [-0.3, -0.25) is 24.6 Å². The summed E-state index contributed by atoms with van der Waals surface area (Å²) in [5.41, 5.74) is 1.68. The fraction of sp³-hybridized carbons (Fsp3) is 0.417. The van der Waals surface area contributed by atoms with E-state index in [2.05, 4.69) is 27.7 Å². The zero-order chi connectivity index (χ0) is 23.5. The first-order chi connectivity index (χ1) is 16.0. The molecule has 0 atom stereocenters. The van der Waals surface area contributed by atoms with E-state index >= 15 is 0 Å². The molecule has 9 nitrogen and oxygen atoms in total. The maximum Gasteiger partial charge on any atom is 0.306 e. The van der Waals surface area contributed by atoms with Gasteiger partial charge in [-0.1, -0.05) is 42.5 Å². The van der Waals surface area contributed by atoms with Gasteiger partial charge in [-0.2, -0.15) is 0 Å². The van der Waals surface area contributed by atoms with Gasteiger partial charge in [0.15, 0.2) is 6.61 Å².